The molecule has 57 heavy (non-hydrogen) atoms. The smallest absolute Gasteiger partial charge is 0.0890 e. The van der Waals surface area contributed by atoms with Crippen LogP contribution in [0.15, 0.2) is 66.7 Å². The number of unbranched alkanes of at least 4 members (excludes halogenated alkanes) is 1. The first-order chi connectivity index (χ1) is 26.7. The summed E-state index contributed by atoms with van der Waals surface area (Å²) in [6.07, 6.45) is 10.8. The van der Waals surface area contributed by atoms with E-state index in [-0.39, 0.29) is 21.7 Å². The van der Waals surface area contributed by atoms with Gasteiger partial charge >= 0.3 is 0 Å². The lowest BCUT2D eigenvalue weighted by molar-refractivity contribution is 0.568. The van der Waals surface area contributed by atoms with Gasteiger partial charge in [0.25, 0.3) is 0 Å². The van der Waals surface area contributed by atoms with E-state index in [0.29, 0.717) is 0 Å². The molecule has 5 nitrogen and oxygen atoms in total. The summed E-state index contributed by atoms with van der Waals surface area (Å²) < 4.78 is 0. The standard InChI is InChI=1S/C52H63N5/c1-14-15-24-53-48-44-22-20-42(56-44)46(32-25-34(49(2,3)4)29-35(26-32)50(5,6)7)40-18-16-38(54-40)31-39-17-19-41(55-39)47(43-21-23-45(48)57-43)33-27-36(51(8,9)10)30-37(28-33)52(11,12)13/h16-23,25-31,53-54,57H,14-15,24H2,1-13H3. The number of hydrogen-bond acceptors (Lipinski definition) is 3. The van der Waals surface area contributed by atoms with Gasteiger partial charge in [0.2, 0.25) is 0 Å². The van der Waals surface area contributed by atoms with Gasteiger partial charge in [0.1, 0.15) is 0 Å². The van der Waals surface area contributed by atoms with Crippen LogP contribution < -0.4 is 5.32 Å². The van der Waals surface area contributed by atoms with Crippen LogP contribution in [0.3, 0.4) is 0 Å². The van der Waals surface area contributed by atoms with Gasteiger partial charge in [-0.25, -0.2) is 9.97 Å². The Morgan fingerprint density at radius 2 is 0.947 bits per heavy atom. The molecule has 2 aromatic carbocycles. The number of nitrogens with zero attached hydrogens (tertiary/aromatic N) is 2. The lowest BCUT2D eigenvalue weighted by atomic mass is 9.78. The van der Waals surface area contributed by atoms with Gasteiger partial charge in [-0.1, -0.05) is 133 Å². The third kappa shape index (κ3) is 8.44. The van der Waals surface area contributed by atoms with Crippen LogP contribution in [0.2, 0.25) is 0 Å². The van der Waals surface area contributed by atoms with Crippen molar-refractivity contribution in [3.63, 3.8) is 0 Å². The fourth-order valence-electron chi connectivity index (χ4n) is 7.60. The molecule has 0 saturated carbocycles. The second kappa shape index (κ2) is 14.7. The normalized spacial score (nSPS) is 13.4. The Labute approximate surface area is 341 Å². The van der Waals surface area contributed by atoms with Gasteiger partial charge in [0.05, 0.1) is 34.0 Å². The molecule has 0 amide bonds. The van der Waals surface area contributed by atoms with E-state index in [1.807, 2.05) is 0 Å². The lowest BCUT2D eigenvalue weighted by Crippen LogP contribution is -2.16. The zero-order valence-electron chi connectivity index (χ0n) is 36.7. The summed E-state index contributed by atoms with van der Waals surface area (Å²) in [5.74, 6) is 0. The summed E-state index contributed by atoms with van der Waals surface area (Å²) in [6.45, 7) is 30.6. The summed E-state index contributed by atoms with van der Waals surface area (Å²) in [6, 6.07) is 25.2. The maximum absolute atomic E-state index is 5.47. The van der Waals surface area contributed by atoms with Crippen molar-refractivity contribution in [2.24, 2.45) is 0 Å². The average Bonchev–Trinajstić information content (AvgIpc) is 3.95. The molecule has 0 aliphatic carbocycles. The average molecular weight is 758 g/mol. The van der Waals surface area contributed by atoms with Crippen LogP contribution >= 0.6 is 0 Å². The van der Waals surface area contributed by atoms with Gasteiger partial charge in [0, 0.05) is 34.2 Å². The first-order valence-electron chi connectivity index (χ1n) is 20.9. The molecular formula is C52H63N5. The molecule has 5 heteroatoms. The zero-order valence-corrected chi connectivity index (χ0v) is 36.7. The van der Waals surface area contributed by atoms with Crippen molar-refractivity contribution in [1.29, 1.82) is 0 Å². The Morgan fingerprint density at radius 1 is 0.491 bits per heavy atom. The molecule has 5 heterocycles. The molecule has 2 aliphatic rings. The number of aromatic nitrogens is 4. The molecule has 296 valence electrons. The van der Waals surface area contributed by atoms with Crippen molar-refractivity contribution in [2.45, 2.75) is 125 Å². The molecule has 0 fully saturated rings. The van der Waals surface area contributed by atoms with Crippen LogP contribution in [-0.2, 0) is 21.7 Å². The minimum absolute atomic E-state index is 0.0248. The topological polar surface area (TPSA) is 69.4 Å². The number of benzene rings is 2. The van der Waals surface area contributed by atoms with E-state index in [1.165, 1.54) is 22.3 Å². The Hall–Kier alpha value is -5.16. The number of fused-ring (bicyclic) bond motifs is 8. The maximum atomic E-state index is 5.47. The van der Waals surface area contributed by atoms with Crippen LogP contribution in [-0.4, -0.2) is 26.5 Å². The fraction of sp³-hybridized carbons (Fsp3) is 0.385. The summed E-state index contributed by atoms with van der Waals surface area (Å²) in [7, 11) is 0. The van der Waals surface area contributed by atoms with Crippen LogP contribution in [0.5, 0.6) is 0 Å². The molecular weight excluding hydrogens is 695 g/mol. The molecule has 8 bridgehead atoms. The second-order valence-electron chi connectivity index (χ2n) is 20.2. The summed E-state index contributed by atoms with van der Waals surface area (Å²) in [4.78, 5) is 18.5. The largest absolute Gasteiger partial charge is 0.382 e. The highest BCUT2D eigenvalue weighted by Gasteiger charge is 2.25. The fourth-order valence-corrected chi connectivity index (χ4v) is 7.60. The molecule has 7 rings (SSSR count). The quantitative estimate of drug-likeness (QED) is 0.148. The van der Waals surface area contributed by atoms with Gasteiger partial charge in [-0.3, -0.25) is 0 Å². The minimum Gasteiger partial charge on any atom is -0.382 e. The first kappa shape index (κ1) is 40.1. The molecule has 0 atom stereocenters. The predicted octanol–water partition coefficient (Wildman–Crippen LogP) is 14.4. The van der Waals surface area contributed by atoms with Crippen LogP contribution in [0.25, 0.3) is 68.6 Å². The number of anilines is 1. The van der Waals surface area contributed by atoms with Crippen molar-refractivity contribution in [3.8, 4) is 22.3 Å². The van der Waals surface area contributed by atoms with Crippen molar-refractivity contribution in [2.75, 3.05) is 11.9 Å². The number of hydrogen-bond donors (Lipinski definition) is 3. The lowest BCUT2D eigenvalue weighted by Gasteiger charge is -2.26. The molecule has 0 saturated heterocycles. The molecule has 0 radical (unpaired) electrons. The summed E-state index contributed by atoms with van der Waals surface area (Å²) in [5.41, 5.74) is 18.4. The van der Waals surface area contributed by atoms with E-state index >= 15 is 0 Å². The molecule has 3 aromatic heterocycles. The van der Waals surface area contributed by atoms with E-state index in [0.717, 1.165) is 92.2 Å². The molecule has 0 unspecified atom stereocenters. The van der Waals surface area contributed by atoms with Gasteiger partial charge < -0.3 is 15.3 Å². The molecule has 3 N–H and O–H groups in total. The van der Waals surface area contributed by atoms with E-state index in [9.17, 15) is 0 Å². The van der Waals surface area contributed by atoms with Gasteiger partial charge in [-0.2, -0.15) is 0 Å². The highest BCUT2D eigenvalue weighted by molar-refractivity contribution is 5.96. The number of H-pyrrole nitrogens is 2. The Kier molecular flexibility index (Phi) is 10.3. The number of rotatable bonds is 6. The SMILES string of the molecule is CCCCNc1c2nc(c(-c3cc(C(C)(C)C)cc(C(C)(C)C)c3)c3ccc(cc4nc(c(-c5cc(C(C)(C)C)cc(C(C)(C)C)c5)c5ccc1[nH]5)C=C4)[nH]3)C=C2. The maximum Gasteiger partial charge on any atom is 0.0890 e. The third-order valence-electron chi connectivity index (χ3n) is 11.3. The zero-order chi connectivity index (χ0) is 41.1. The first-order valence-corrected chi connectivity index (χ1v) is 20.9. The molecule has 2 aliphatic heterocycles. The monoisotopic (exact) mass is 758 g/mol. The number of nitrogens with one attached hydrogen (secondary N) is 3. The van der Waals surface area contributed by atoms with E-state index in [1.54, 1.807) is 0 Å². The number of aromatic amines is 2. The van der Waals surface area contributed by atoms with E-state index in [4.69, 9.17) is 9.97 Å². The minimum atomic E-state index is -0.0248. The van der Waals surface area contributed by atoms with Crippen LogP contribution in [0, 0.1) is 0 Å². The third-order valence-corrected chi connectivity index (χ3v) is 11.3. The van der Waals surface area contributed by atoms with Crippen molar-refractivity contribution in [3.05, 3.63) is 112 Å². The highest BCUT2D eigenvalue weighted by atomic mass is 14.9. The highest BCUT2D eigenvalue weighted by Crippen LogP contribution is 2.40. The Bertz CT molecular complexity index is 2420. The predicted molar refractivity (Wildman–Crippen MR) is 248 cm³/mol. The van der Waals surface area contributed by atoms with Gasteiger partial charge in [-0.15, -0.1) is 0 Å². The molecule has 5 aromatic rings. The van der Waals surface area contributed by atoms with Crippen molar-refractivity contribution in [1.82, 2.24) is 19.9 Å². The Morgan fingerprint density at radius 3 is 1.47 bits per heavy atom. The Balaban J connectivity index is 1.60. The van der Waals surface area contributed by atoms with Crippen LogP contribution in [0.1, 0.15) is 148 Å². The molecule has 0 spiro atoms. The van der Waals surface area contributed by atoms with E-state index in [2.05, 4.69) is 196 Å². The van der Waals surface area contributed by atoms with Gasteiger partial charge in [0.15, 0.2) is 0 Å². The van der Waals surface area contributed by atoms with Crippen LogP contribution in [0.4, 0.5) is 5.69 Å². The van der Waals surface area contributed by atoms with Crippen molar-refractivity contribution < 1.29 is 0 Å². The van der Waals surface area contributed by atoms with Gasteiger partial charge in [-0.05, 0) is 116 Å². The second-order valence-corrected chi connectivity index (χ2v) is 20.2. The van der Waals surface area contributed by atoms with E-state index < -0.39 is 0 Å². The summed E-state index contributed by atoms with van der Waals surface area (Å²) >= 11 is 0. The summed E-state index contributed by atoms with van der Waals surface area (Å²) in [5, 5.41) is 3.82. The van der Waals surface area contributed by atoms with Crippen molar-refractivity contribution >= 4 is 52.1 Å².